The van der Waals surface area contributed by atoms with E-state index in [9.17, 15) is 18.0 Å². The van der Waals surface area contributed by atoms with E-state index in [0.717, 1.165) is 17.0 Å². The Morgan fingerprint density at radius 3 is 2.35 bits per heavy atom. The summed E-state index contributed by atoms with van der Waals surface area (Å²) in [6.07, 6.45) is 2.08. The highest BCUT2D eigenvalue weighted by Gasteiger charge is 2.32. The van der Waals surface area contributed by atoms with E-state index in [1.165, 1.54) is 11.0 Å². The molecule has 2 aromatic carbocycles. The zero-order valence-electron chi connectivity index (χ0n) is 21.0. The molecule has 2 aromatic rings. The Labute approximate surface area is 227 Å². The van der Waals surface area contributed by atoms with Crippen molar-refractivity contribution < 1.29 is 27.5 Å². The predicted molar refractivity (Wildman–Crippen MR) is 144 cm³/mol. The second-order valence-electron chi connectivity index (χ2n) is 8.58. The molecule has 0 saturated carbocycles. The van der Waals surface area contributed by atoms with Crippen molar-refractivity contribution in [3.05, 3.63) is 52.0 Å². The van der Waals surface area contributed by atoms with Crippen LogP contribution in [0.15, 0.2) is 36.4 Å². The van der Waals surface area contributed by atoms with Crippen molar-refractivity contribution in [1.82, 2.24) is 10.2 Å². The summed E-state index contributed by atoms with van der Waals surface area (Å²) in [7, 11) is -3.87. The van der Waals surface area contributed by atoms with Crippen molar-refractivity contribution in [3.63, 3.8) is 0 Å². The van der Waals surface area contributed by atoms with Gasteiger partial charge in [0.2, 0.25) is 21.8 Å². The highest BCUT2D eigenvalue weighted by Crippen LogP contribution is 2.35. The van der Waals surface area contributed by atoms with Crippen LogP contribution < -0.4 is 19.1 Å². The first-order valence-electron chi connectivity index (χ1n) is 11.9. The second kappa shape index (κ2) is 12.7. The maximum atomic E-state index is 13.7. The molecule has 0 fully saturated rings. The number of rotatable bonds is 11. The quantitative estimate of drug-likeness (QED) is 0.439. The molecule has 0 saturated heterocycles. The number of amides is 2. The van der Waals surface area contributed by atoms with Crippen LogP contribution in [0.4, 0.5) is 5.69 Å². The van der Waals surface area contributed by atoms with Crippen LogP contribution in [0.3, 0.4) is 0 Å². The van der Waals surface area contributed by atoms with E-state index in [0.29, 0.717) is 53.3 Å². The fourth-order valence-corrected chi connectivity index (χ4v) is 5.08. The lowest BCUT2D eigenvalue weighted by Crippen LogP contribution is -2.52. The Hall–Kier alpha value is -2.69. The lowest BCUT2D eigenvalue weighted by molar-refractivity contribution is -0.140. The minimum Gasteiger partial charge on any atom is -0.486 e. The van der Waals surface area contributed by atoms with E-state index in [2.05, 4.69) is 5.32 Å². The van der Waals surface area contributed by atoms with Crippen LogP contribution in [-0.2, 0) is 26.2 Å². The number of ether oxygens (including phenoxy) is 2. The summed E-state index contributed by atoms with van der Waals surface area (Å²) in [6, 6.07) is 8.80. The molecule has 0 radical (unpaired) electrons. The Bertz CT molecular complexity index is 1240. The van der Waals surface area contributed by atoms with Gasteiger partial charge in [0.1, 0.15) is 25.8 Å². The molecule has 1 heterocycles. The van der Waals surface area contributed by atoms with Crippen LogP contribution in [0.1, 0.15) is 32.3 Å². The number of fused-ring (bicyclic) bond motifs is 1. The normalized spacial score (nSPS) is 13.5. The smallest absolute Gasteiger partial charge is 0.244 e. The monoisotopic (exact) mass is 571 g/mol. The first-order chi connectivity index (χ1) is 17.5. The molecule has 1 N–H and O–H groups in total. The van der Waals surface area contributed by atoms with Crippen molar-refractivity contribution in [2.45, 2.75) is 39.3 Å². The molecule has 0 aliphatic carbocycles. The van der Waals surface area contributed by atoms with Crippen LogP contribution in [0.5, 0.6) is 11.5 Å². The lowest BCUT2D eigenvalue weighted by Gasteiger charge is -2.33. The van der Waals surface area contributed by atoms with Gasteiger partial charge in [-0.05, 0) is 42.7 Å². The van der Waals surface area contributed by atoms with Gasteiger partial charge < -0.3 is 19.7 Å². The van der Waals surface area contributed by atoms with Gasteiger partial charge in [0.05, 0.1) is 22.0 Å². The zero-order valence-corrected chi connectivity index (χ0v) is 23.3. The van der Waals surface area contributed by atoms with Gasteiger partial charge in [-0.2, -0.15) is 0 Å². The molecule has 1 aliphatic heterocycles. The van der Waals surface area contributed by atoms with Crippen LogP contribution >= 0.6 is 23.2 Å². The van der Waals surface area contributed by atoms with Crippen molar-refractivity contribution in [1.29, 1.82) is 0 Å². The molecular weight excluding hydrogens is 541 g/mol. The Balaban J connectivity index is 1.95. The third-order valence-electron chi connectivity index (χ3n) is 5.77. The fraction of sp³-hybridized carbons (Fsp3) is 0.440. The van der Waals surface area contributed by atoms with Crippen molar-refractivity contribution in [3.8, 4) is 11.5 Å². The summed E-state index contributed by atoms with van der Waals surface area (Å²) < 4.78 is 37.7. The summed E-state index contributed by atoms with van der Waals surface area (Å²) in [6.45, 7) is 4.41. The summed E-state index contributed by atoms with van der Waals surface area (Å²) >= 11 is 12.2. The summed E-state index contributed by atoms with van der Waals surface area (Å²) in [5.41, 5.74) is 0.896. The fourth-order valence-electron chi connectivity index (χ4n) is 3.92. The molecule has 0 spiro atoms. The molecule has 1 unspecified atom stereocenters. The zero-order chi connectivity index (χ0) is 27.2. The number of carbonyl (C=O) groups excluding carboxylic acids is 2. The molecule has 202 valence electrons. The molecule has 0 aromatic heterocycles. The Morgan fingerprint density at radius 1 is 1.03 bits per heavy atom. The SMILES string of the molecule is CCCNC(=O)C(CC)N(Cc1ccc(Cl)c(Cl)c1)C(=O)CN(c1ccc2c(c1)OCCO2)S(C)(=O)=O. The largest absolute Gasteiger partial charge is 0.486 e. The average Bonchev–Trinajstić information content (AvgIpc) is 2.86. The van der Waals surface area contributed by atoms with Gasteiger partial charge in [-0.3, -0.25) is 13.9 Å². The first kappa shape index (κ1) is 28.9. The van der Waals surface area contributed by atoms with Crippen LogP contribution in [0.25, 0.3) is 0 Å². The summed E-state index contributed by atoms with van der Waals surface area (Å²) in [5, 5.41) is 3.50. The van der Waals surface area contributed by atoms with Crippen LogP contribution in [-0.4, -0.2) is 63.7 Å². The van der Waals surface area contributed by atoms with Gasteiger partial charge in [-0.1, -0.05) is 43.1 Å². The Morgan fingerprint density at radius 2 is 1.73 bits per heavy atom. The number of carbonyl (C=O) groups is 2. The standard InChI is InChI=1S/C25H31Cl2N3O6S/c1-4-10-28-25(32)21(5-2)29(15-17-6-8-19(26)20(27)13-17)24(31)16-30(37(3,33)34)18-7-9-22-23(14-18)36-12-11-35-22/h6-9,13-14,21H,4-5,10-12,15-16H2,1-3H3,(H,28,32). The lowest BCUT2D eigenvalue weighted by atomic mass is 10.1. The molecule has 3 rings (SSSR count). The third-order valence-corrected chi connectivity index (χ3v) is 7.64. The number of hydrogen-bond acceptors (Lipinski definition) is 6. The maximum Gasteiger partial charge on any atom is 0.244 e. The predicted octanol–water partition coefficient (Wildman–Crippen LogP) is 3.86. The van der Waals surface area contributed by atoms with Crippen LogP contribution in [0, 0.1) is 0 Å². The van der Waals surface area contributed by atoms with E-state index in [1.807, 2.05) is 6.92 Å². The number of sulfonamides is 1. The molecule has 1 atom stereocenters. The molecule has 1 aliphatic rings. The molecule has 37 heavy (non-hydrogen) atoms. The van der Waals surface area contributed by atoms with Gasteiger partial charge in [-0.15, -0.1) is 0 Å². The van der Waals surface area contributed by atoms with Gasteiger partial charge in [0.25, 0.3) is 0 Å². The third kappa shape index (κ3) is 7.43. The maximum absolute atomic E-state index is 13.7. The minimum absolute atomic E-state index is 0.0342. The van der Waals surface area contributed by atoms with Gasteiger partial charge in [0, 0.05) is 19.2 Å². The average molecular weight is 573 g/mol. The number of benzene rings is 2. The van der Waals surface area contributed by atoms with E-state index in [1.54, 1.807) is 37.3 Å². The highest BCUT2D eigenvalue weighted by molar-refractivity contribution is 7.92. The summed E-state index contributed by atoms with van der Waals surface area (Å²) in [5.74, 6) is 0.0189. The minimum atomic E-state index is -3.87. The second-order valence-corrected chi connectivity index (χ2v) is 11.3. The number of anilines is 1. The molecule has 0 bridgehead atoms. The Kier molecular flexibility index (Phi) is 9.92. The van der Waals surface area contributed by atoms with Crippen molar-refractivity contribution >= 4 is 50.7 Å². The molecule has 9 nitrogen and oxygen atoms in total. The molecular formula is C25H31Cl2N3O6S. The number of nitrogens with one attached hydrogen (secondary N) is 1. The topological polar surface area (TPSA) is 105 Å². The number of hydrogen-bond donors (Lipinski definition) is 1. The van der Waals surface area contributed by atoms with Gasteiger partial charge >= 0.3 is 0 Å². The van der Waals surface area contributed by atoms with E-state index >= 15 is 0 Å². The van der Waals surface area contributed by atoms with Gasteiger partial charge in [0.15, 0.2) is 11.5 Å². The molecule has 2 amide bonds. The van der Waals surface area contributed by atoms with E-state index < -0.39 is 28.5 Å². The summed E-state index contributed by atoms with van der Waals surface area (Å²) in [4.78, 5) is 28.1. The van der Waals surface area contributed by atoms with Crippen LogP contribution in [0.2, 0.25) is 10.0 Å². The van der Waals surface area contributed by atoms with E-state index in [-0.39, 0.29) is 18.1 Å². The van der Waals surface area contributed by atoms with E-state index in [4.69, 9.17) is 32.7 Å². The first-order valence-corrected chi connectivity index (χ1v) is 14.5. The van der Waals surface area contributed by atoms with Crippen molar-refractivity contribution in [2.24, 2.45) is 0 Å². The highest BCUT2D eigenvalue weighted by atomic mass is 35.5. The number of nitrogens with zero attached hydrogens (tertiary/aromatic N) is 2. The molecule has 12 heteroatoms. The van der Waals surface area contributed by atoms with Gasteiger partial charge in [-0.25, -0.2) is 8.42 Å². The number of halogens is 2. The van der Waals surface area contributed by atoms with Crippen molar-refractivity contribution in [2.75, 3.05) is 36.9 Å².